The Morgan fingerprint density at radius 3 is 2.71 bits per heavy atom. The van der Waals surface area contributed by atoms with Crippen LogP contribution in [0.3, 0.4) is 0 Å². The van der Waals surface area contributed by atoms with Crippen molar-refractivity contribution >= 4 is 40.2 Å². The molecule has 0 saturated carbocycles. The lowest BCUT2D eigenvalue weighted by molar-refractivity contribution is 0.799. The first-order valence-electron chi connectivity index (χ1n) is 6.77. The van der Waals surface area contributed by atoms with Crippen molar-refractivity contribution in [2.24, 2.45) is 0 Å². The van der Waals surface area contributed by atoms with E-state index in [1.165, 1.54) is 0 Å². The van der Waals surface area contributed by atoms with E-state index in [1.54, 1.807) is 0 Å². The molecule has 0 saturated heterocycles. The predicted octanol–water partition coefficient (Wildman–Crippen LogP) is 5.09. The standard InChI is InChI=1S/C16H15Cl2N3/c1-10(11-6-7-12(17)13(18)8-11)9-19-16-20-14-4-2-3-5-15(14)21-16/h2-8,10H,9H2,1H3,(H2,19,20,21). The summed E-state index contributed by atoms with van der Waals surface area (Å²) in [7, 11) is 0. The van der Waals surface area contributed by atoms with Gasteiger partial charge in [0.1, 0.15) is 0 Å². The summed E-state index contributed by atoms with van der Waals surface area (Å²) < 4.78 is 0. The molecule has 0 radical (unpaired) electrons. The van der Waals surface area contributed by atoms with Crippen LogP contribution in [0, 0.1) is 0 Å². The molecule has 3 aromatic rings. The Kier molecular flexibility index (Phi) is 4.04. The number of halogens is 2. The van der Waals surface area contributed by atoms with Gasteiger partial charge in [-0.05, 0) is 35.7 Å². The summed E-state index contributed by atoms with van der Waals surface area (Å²) in [6.07, 6.45) is 0. The Balaban J connectivity index is 1.70. The van der Waals surface area contributed by atoms with Gasteiger partial charge in [0.15, 0.2) is 0 Å². The van der Waals surface area contributed by atoms with Crippen LogP contribution in [0.15, 0.2) is 42.5 Å². The maximum absolute atomic E-state index is 6.06. The predicted molar refractivity (Wildman–Crippen MR) is 89.5 cm³/mol. The second-order valence-electron chi connectivity index (χ2n) is 5.06. The Hall–Kier alpha value is -1.71. The first-order chi connectivity index (χ1) is 10.1. The highest BCUT2D eigenvalue weighted by Gasteiger charge is 2.09. The molecule has 0 spiro atoms. The highest BCUT2D eigenvalue weighted by Crippen LogP contribution is 2.26. The minimum atomic E-state index is 0.299. The van der Waals surface area contributed by atoms with Crippen LogP contribution in [0.1, 0.15) is 18.4 Å². The molecule has 1 heterocycles. The molecule has 0 aliphatic heterocycles. The maximum atomic E-state index is 6.06. The van der Waals surface area contributed by atoms with E-state index >= 15 is 0 Å². The van der Waals surface area contributed by atoms with E-state index in [2.05, 4.69) is 22.2 Å². The van der Waals surface area contributed by atoms with Crippen LogP contribution in [-0.4, -0.2) is 16.5 Å². The van der Waals surface area contributed by atoms with Crippen LogP contribution in [0.4, 0.5) is 5.95 Å². The van der Waals surface area contributed by atoms with Crippen molar-refractivity contribution in [2.45, 2.75) is 12.8 Å². The van der Waals surface area contributed by atoms with Gasteiger partial charge in [0, 0.05) is 6.54 Å². The van der Waals surface area contributed by atoms with Gasteiger partial charge < -0.3 is 10.3 Å². The van der Waals surface area contributed by atoms with Gasteiger partial charge in [0.2, 0.25) is 5.95 Å². The number of nitrogens with zero attached hydrogens (tertiary/aromatic N) is 1. The topological polar surface area (TPSA) is 40.7 Å². The van der Waals surface area contributed by atoms with Crippen LogP contribution in [0.25, 0.3) is 11.0 Å². The molecule has 5 heteroatoms. The van der Waals surface area contributed by atoms with E-state index < -0.39 is 0 Å². The lowest BCUT2D eigenvalue weighted by Gasteiger charge is -2.13. The lowest BCUT2D eigenvalue weighted by Crippen LogP contribution is -2.10. The molecule has 108 valence electrons. The quantitative estimate of drug-likeness (QED) is 0.703. The smallest absolute Gasteiger partial charge is 0.201 e. The number of benzene rings is 2. The fourth-order valence-corrected chi connectivity index (χ4v) is 2.53. The van der Waals surface area contributed by atoms with Crippen LogP contribution in [0.5, 0.6) is 0 Å². The summed E-state index contributed by atoms with van der Waals surface area (Å²) in [5.74, 6) is 1.08. The van der Waals surface area contributed by atoms with Gasteiger partial charge >= 0.3 is 0 Å². The molecule has 1 unspecified atom stereocenters. The minimum Gasteiger partial charge on any atom is -0.355 e. The molecule has 1 aromatic heterocycles. The normalized spacial score (nSPS) is 12.5. The van der Waals surface area contributed by atoms with Crippen molar-refractivity contribution < 1.29 is 0 Å². The second kappa shape index (κ2) is 5.96. The van der Waals surface area contributed by atoms with Gasteiger partial charge in [0.05, 0.1) is 21.1 Å². The summed E-state index contributed by atoms with van der Waals surface area (Å²) in [5.41, 5.74) is 3.14. The summed E-state index contributed by atoms with van der Waals surface area (Å²) in [4.78, 5) is 7.75. The Bertz CT molecular complexity index is 734. The second-order valence-corrected chi connectivity index (χ2v) is 5.87. The van der Waals surface area contributed by atoms with E-state index in [-0.39, 0.29) is 0 Å². The number of H-pyrrole nitrogens is 1. The van der Waals surface area contributed by atoms with E-state index in [4.69, 9.17) is 23.2 Å². The van der Waals surface area contributed by atoms with Crippen LogP contribution < -0.4 is 5.32 Å². The maximum Gasteiger partial charge on any atom is 0.201 e. The molecule has 1 atom stereocenters. The van der Waals surface area contributed by atoms with E-state index in [9.17, 15) is 0 Å². The molecule has 21 heavy (non-hydrogen) atoms. The number of hydrogen-bond donors (Lipinski definition) is 2. The summed E-state index contributed by atoms with van der Waals surface area (Å²) in [6.45, 7) is 2.90. The third-order valence-electron chi connectivity index (χ3n) is 3.48. The molecule has 0 bridgehead atoms. The monoisotopic (exact) mass is 319 g/mol. The number of nitrogens with one attached hydrogen (secondary N) is 2. The molecular formula is C16H15Cl2N3. The van der Waals surface area contributed by atoms with Gasteiger partial charge in [-0.15, -0.1) is 0 Å². The van der Waals surface area contributed by atoms with Gasteiger partial charge in [-0.25, -0.2) is 4.98 Å². The van der Waals surface area contributed by atoms with Crippen molar-refractivity contribution in [1.82, 2.24) is 9.97 Å². The molecule has 0 aliphatic carbocycles. The zero-order valence-electron chi connectivity index (χ0n) is 11.5. The van der Waals surface area contributed by atoms with Crippen LogP contribution >= 0.6 is 23.2 Å². The van der Waals surface area contributed by atoms with Crippen molar-refractivity contribution in [3.8, 4) is 0 Å². The fraction of sp³-hybridized carbons (Fsp3) is 0.188. The fourth-order valence-electron chi connectivity index (χ4n) is 2.22. The first-order valence-corrected chi connectivity index (χ1v) is 7.52. The third kappa shape index (κ3) is 3.14. The first kappa shape index (κ1) is 14.2. The Labute approximate surface area is 133 Å². The number of hydrogen-bond acceptors (Lipinski definition) is 2. The molecular weight excluding hydrogens is 305 g/mol. The molecule has 0 fully saturated rings. The molecule has 2 aromatic carbocycles. The Morgan fingerprint density at radius 1 is 1.14 bits per heavy atom. The van der Waals surface area contributed by atoms with E-state index in [0.717, 1.165) is 29.1 Å². The zero-order valence-corrected chi connectivity index (χ0v) is 13.0. The molecule has 2 N–H and O–H groups in total. The van der Waals surface area contributed by atoms with E-state index in [1.807, 2.05) is 42.5 Å². The van der Waals surface area contributed by atoms with Crippen molar-refractivity contribution in [2.75, 3.05) is 11.9 Å². The summed E-state index contributed by atoms with van der Waals surface area (Å²) in [5, 5.41) is 4.49. The van der Waals surface area contributed by atoms with Crippen molar-refractivity contribution in [3.05, 3.63) is 58.1 Å². The molecule has 0 amide bonds. The summed E-state index contributed by atoms with van der Waals surface area (Å²) in [6, 6.07) is 13.7. The lowest BCUT2D eigenvalue weighted by atomic mass is 10.0. The summed E-state index contributed by atoms with van der Waals surface area (Å²) >= 11 is 12.0. The number of imidazole rings is 1. The highest BCUT2D eigenvalue weighted by molar-refractivity contribution is 6.42. The van der Waals surface area contributed by atoms with Gasteiger partial charge in [0.25, 0.3) is 0 Å². The minimum absolute atomic E-state index is 0.299. The van der Waals surface area contributed by atoms with Crippen LogP contribution in [0.2, 0.25) is 10.0 Å². The van der Waals surface area contributed by atoms with Gasteiger partial charge in [-0.2, -0.15) is 0 Å². The van der Waals surface area contributed by atoms with Crippen molar-refractivity contribution in [3.63, 3.8) is 0 Å². The van der Waals surface area contributed by atoms with E-state index in [0.29, 0.717) is 16.0 Å². The Morgan fingerprint density at radius 2 is 1.95 bits per heavy atom. The van der Waals surface area contributed by atoms with Gasteiger partial charge in [-0.1, -0.05) is 48.3 Å². The average molecular weight is 320 g/mol. The molecule has 3 rings (SSSR count). The number of anilines is 1. The molecule has 3 nitrogen and oxygen atoms in total. The van der Waals surface area contributed by atoms with Crippen molar-refractivity contribution in [1.29, 1.82) is 0 Å². The number of rotatable bonds is 4. The number of fused-ring (bicyclic) bond motifs is 1. The molecule has 0 aliphatic rings. The third-order valence-corrected chi connectivity index (χ3v) is 4.22. The average Bonchev–Trinajstić information content (AvgIpc) is 2.90. The number of aromatic nitrogens is 2. The van der Waals surface area contributed by atoms with Gasteiger partial charge in [-0.3, -0.25) is 0 Å². The number of para-hydroxylation sites is 2. The number of aromatic amines is 1. The van der Waals surface area contributed by atoms with Crippen LogP contribution in [-0.2, 0) is 0 Å². The largest absolute Gasteiger partial charge is 0.355 e. The SMILES string of the molecule is CC(CNc1nc2ccccc2[nH]1)c1ccc(Cl)c(Cl)c1. The zero-order chi connectivity index (χ0) is 14.8. The highest BCUT2D eigenvalue weighted by atomic mass is 35.5.